The monoisotopic (exact) mass is 527 g/mol. The highest BCUT2D eigenvalue weighted by Gasteiger charge is 2.30. The fourth-order valence-electron chi connectivity index (χ4n) is 5.50. The maximum atomic E-state index is 13.3. The highest BCUT2D eigenvalue weighted by Crippen LogP contribution is 2.40. The number of benzene rings is 1. The van der Waals surface area contributed by atoms with Crippen LogP contribution in [0, 0.1) is 5.92 Å². The fraction of sp³-hybridized carbons (Fsp3) is 0.517. The van der Waals surface area contributed by atoms with E-state index >= 15 is 0 Å². The van der Waals surface area contributed by atoms with E-state index in [0.717, 1.165) is 19.4 Å². The summed E-state index contributed by atoms with van der Waals surface area (Å²) in [4.78, 5) is 19.9. The minimum absolute atomic E-state index is 0.0605. The Bertz CT molecular complexity index is 1280. The topological polar surface area (TPSA) is 65.3 Å². The molecule has 2 fully saturated rings. The van der Waals surface area contributed by atoms with Crippen molar-refractivity contribution in [1.82, 2.24) is 14.3 Å². The zero-order valence-electron chi connectivity index (χ0n) is 22.2. The molecule has 0 amide bonds. The van der Waals surface area contributed by atoms with Gasteiger partial charge in [0.1, 0.15) is 35.1 Å². The fourth-order valence-corrected chi connectivity index (χ4v) is 5.50. The molecule has 1 aliphatic carbocycles. The Morgan fingerprint density at radius 2 is 1.84 bits per heavy atom. The van der Waals surface area contributed by atoms with Crippen molar-refractivity contribution in [2.45, 2.75) is 71.1 Å². The normalized spacial score (nSPS) is 20.2. The number of ether oxygens (including phenoxy) is 3. The minimum Gasteiger partial charge on any atom is -0.496 e. The summed E-state index contributed by atoms with van der Waals surface area (Å²) < 4.78 is 44.8. The van der Waals surface area contributed by atoms with Crippen molar-refractivity contribution in [2.24, 2.45) is 5.92 Å². The number of Topliss-reactive ketones (excluding diaryl/α,β-unsaturated/α-hetero) is 1. The number of ketones is 1. The molecule has 3 heterocycles. The molecule has 9 heteroatoms. The molecule has 7 nitrogen and oxygen atoms in total. The van der Waals surface area contributed by atoms with E-state index in [1.54, 1.807) is 12.3 Å². The Morgan fingerprint density at radius 1 is 1.11 bits per heavy atom. The van der Waals surface area contributed by atoms with Crippen LogP contribution in [0.4, 0.5) is 8.78 Å². The second-order valence-corrected chi connectivity index (χ2v) is 10.5. The van der Waals surface area contributed by atoms with Crippen LogP contribution in [-0.2, 0) is 0 Å². The van der Waals surface area contributed by atoms with Gasteiger partial charge in [-0.15, -0.1) is 0 Å². The van der Waals surface area contributed by atoms with Crippen LogP contribution in [0.1, 0.15) is 62.7 Å². The first-order chi connectivity index (χ1) is 18.3. The molecule has 1 saturated carbocycles. The molecule has 1 aliphatic heterocycles. The molecule has 0 bridgehead atoms. The molecule has 38 heavy (non-hydrogen) atoms. The van der Waals surface area contributed by atoms with Crippen LogP contribution in [0.25, 0.3) is 16.9 Å². The summed E-state index contributed by atoms with van der Waals surface area (Å²) in [6.07, 6.45) is 9.45. The second-order valence-electron chi connectivity index (χ2n) is 10.5. The molecule has 204 valence electrons. The van der Waals surface area contributed by atoms with Crippen molar-refractivity contribution in [3.63, 3.8) is 0 Å². The van der Waals surface area contributed by atoms with Gasteiger partial charge in [-0.25, -0.2) is 4.98 Å². The molecule has 0 spiro atoms. The lowest BCUT2D eigenvalue weighted by Gasteiger charge is -2.38. The Balaban J connectivity index is 1.37. The zero-order chi connectivity index (χ0) is 26.8. The average molecular weight is 528 g/mol. The number of carbonyl (C=O) groups excluding carboxylic acids is 1. The van der Waals surface area contributed by atoms with Crippen molar-refractivity contribution in [2.75, 3.05) is 20.3 Å². The van der Waals surface area contributed by atoms with Gasteiger partial charge in [-0.3, -0.25) is 14.1 Å². The average Bonchev–Trinajstić information content (AvgIpc) is 3.60. The summed E-state index contributed by atoms with van der Waals surface area (Å²) >= 11 is 0. The maximum Gasteiger partial charge on any atom is 0.387 e. The van der Waals surface area contributed by atoms with Crippen LogP contribution < -0.4 is 14.2 Å². The molecule has 0 radical (unpaired) electrons. The van der Waals surface area contributed by atoms with Gasteiger partial charge in [0, 0.05) is 42.9 Å². The Morgan fingerprint density at radius 3 is 2.53 bits per heavy atom. The maximum absolute atomic E-state index is 13.3. The summed E-state index contributed by atoms with van der Waals surface area (Å²) in [7, 11) is 1.42. The molecular weight excluding hydrogens is 492 g/mol. The van der Waals surface area contributed by atoms with Gasteiger partial charge in [0.15, 0.2) is 5.78 Å². The smallest absolute Gasteiger partial charge is 0.387 e. The van der Waals surface area contributed by atoms with Crippen LogP contribution in [0.5, 0.6) is 17.2 Å². The summed E-state index contributed by atoms with van der Waals surface area (Å²) in [5.41, 5.74) is 1.92. The lowest BCUT2D eigenvalue weighted by atomic mass is 9.98. The number of imidazole rings is 1. The number of halogens is 2. The van der Waals surface area contributed by atoms with Crippen molar-refractivity contribution in [3.05, 3.63) is 42.2 Å². The Labute approximate surface area is 221 Å². The standard InChI is InChI=1S/C29H35F2N3O4/c1-18-5-4-6-19(2)33(18)11-12-37-22-9-10-34-23(17-32-27(34)16-22)21-14-25(36-3)28(24(35)13-20-7-8-20)26(15-21)38-29(30)31/h9-10,14-20,29H,4-8,11-13H2,1-3H3. The Kier molecular flexibility index (Phi) is 7.83. The third-order valence-corrected chi connectivity index (χ3v) is 7.73. The lowest BCUT2D eigenvalue weighted by molar-refractivity contribution is -0.0502. The third kappa shape index (κ3) is 5.77. The first-order valence-corrected chi connectivity index (χ1v) is 13.4. The number of methoxy groups -OCH3 is 1. The lowest BCUT2D eigenvalue weighted by Crippen LogP contribution is -2.45. The van der Waals surface area contributed by atoms with Gasteiger partial charge in [-0.1, -0.05) is 6.42 Å². The number of nitrogens with zero attached hydrogens (tertiary/aromatic N) is 3. The van der Waals surface area contributed by atoms with Gasteiger partial charge >= 0.3 is 6.61 Å². The number of aromatic nitrogens is 2. The SMILES string of the molecule is COc1cc(-c2cnc3cc(OCCN4C(C)CCCC4C)ccn23)cc(OC(F)F)c1C(=O)CC1CC1. The number of hydrogen-bond acceptors (Lipinski definition) is 6. The van der Waals surface area contributed by atoms with Crippen molar-refractivity contribution < 1.29 is 27.8 Å². The highest BCUT2D eigenvalue weighted by molar-refractivity contribution is 6.02. The van der Waals surface area contributed by atoms with Crippen LogP contribution in [0.3, 0.4) is 0 Å². The molecule has 1 saturated heterocycles. The molecule has 1 aromatic carbocycles. The van der Waals surface area contributed by atoms with E-state index in [-0.39, 0.29) is 22.8 Å². The predicted octanol–water partition coefficient (Wildman–Crippen LogP) is 6.24. The van der Waals surface area contributed by atoms with Gasteiger partial charge in [0.05, 0.1) is 19.0 Å². The predicted molar refractivity (Wildman–Crippen MR) is 140 cm³/mol. The molecule has 5 rings (SSSR count). The van der Waals surface area contributed by atoms with Gasteiger partial charge in [0.25, 0.3) is 0 Å². The summed E-state index contributed by atoms with van der Waals surface area (Å²) in [6, 6.07) is 7.98. The van der Waals surface area contributed by atoms with Gasteiger partial charge in [-0.2, -0.15) is 8.78 Å². The minimum atomic E-state index is -3.07. The first kappa shape index (κ1) is 26.4. The van der Waals surface area contributed by atoms with Crippen molar-refractivity contribution >= 4 is 11.4 Å². The van der Waals surface area contributed by atoms with E-state index in [1.165, 1.54) is 32.4 Å². The molecule has 3 aromatic rings. The van der Waals surface area contributed by atoms with E-state index in [0.29, 0.717) is 53.7 Å². The van der Waals surface area contributed by atoms with Gasteiger partial charge in [0.2, 0.25) is 0 Å². The van der Waals surface area contributed by atoms with E-state index in [9.17, 15) is 13.6 Å². The molecule has 2 aliphatic rings. The summed E-state index contributed by atoms with van der Waals surface area (Å²) in [5, 5.41) is 0. The van der Waals surface area contributed by atoms with E-state index in [2.05, 4.69) is 23.7 Å². The van der Waals surface area contributed by atoms with E-state index < -0.39 is 6.61 Å². The molecule has 2 unspecified atom stereocenters. The number of alkyl halides is 2. The van der Waals surface area contributed by atoms with Gasteiger partial charge in [-0.05, 0) is 63.6 Å². The second kappa shape index (κ2) is 11.3. The Hall–Kier alpha value is -3.20. The van der Waals surface area contributed by atoms with Crippen molar-refractivity contribution in [1.29, 1.82) is 0 Å². The number of likely N-dealkylation sites (tertiary alicyclic amines) is 1. The first-order valence-electron chi connectivity index (χ1n) is 13.4. The number of rotatable bonds is 11. The molecule has 0 N–H and O–H groups in total. The molecule has 2 atom stereocenters. The largest absolute Gasteiger partial charge is 0.496 e. The number of carbonyl (C=O) groups is 1. The molecular formula is C29H35F2N3O4. The number of pyridine rings is 1. The van der Waals surface area contributed by atoms with Gasteiger partial charge < -0.3 is 14.2 Å². The summed E-state index contributed by atoms with van der Waals surface area (Å²) in [5.74, 6) is 0.788. The zero-order valence-corrected chi connectivity index (χ0v) is 22.2. The number of hydrogen-bond donors (Lipinski definition) is 0. The molecule has 2 aromatic heterocycles. The highest BCUT2D eigenvalue weighted by atomic mass is 19.3. The van der Waals surface area contributed by atoms with E-state index in [1.807, 2.05) is 22.7 Å². The third-order valence-electron chi connectivity index (χ3n) is 7.73. The number of piperidine rings is 1. The van der Waals surface area contributed by atoms with Crippen molar-refractivity contribution in [3.8, 4) is 28.5 Å². The number of fused-ring (bicyclic) bond motifs is 1. The van der Waals surface area contributed by atoms with Crippen LogP contribution in [-0.4, -0.2) is 59.0 Å². The van der Waals surface area contributed by atoms with E-state index in [4.69, 9.17) is 14.2 Å². The summed E-state index contributed by atoms with van der Waals surface area (Å²) in [6.45, 7) is 2.93. The van der Waals surface area contributed by atoms with Crippen LogP contribution >= 0.6 is 0 Å². The van der Waals surface area contributed by atoms with Crippen LogP contribution in [0.15, 0.2) is 36.7 Å². The quantitative estimate of drug-likeness (QED) is 0.275. The van der Waals surface area contributed by atoms with Crippen LogP contribution in [0.2, 0.25) is 0 Å².